The zero-order valence-corrected chi connectivity index (χ0v) is 12.6. The Labute approximate surface area is 125 Å². The number of sulfone groups is 1. The van der Waals surface area contributed by atoms with E-state index in [4.69, 9.17) is 0 Å². The Kier molecular flexibility index (Phi) is 4.97. The third kappa shape index (κ3) is 4.30. The van der Waals surface area contributed by atoms with Crippen molar-refractivity contribution in [1.29, 1.82) is 5.26 Å². The van der Waals surface area contributed by atoms with Crippen LogP contribution in [0.4, 0.5) is 0 Å². The molecule has 1 aromatic carbocycles. The van der Waals surface area contributed by atoms with Gasteiger partial charge in [-0.15, -0.1) is 0 Å². The highest BCUT2D eigenvalue weighted by Gasteiger charge is 2.28. The van der Waals surface area contributed by atoms with Crippen LogP contribution in [0.15, 0.2) is 30.3 Å². The molecular formula is C15H18N2O3S. The Balaban J connectivity index is 2.05. The second kappa shape index (κ2) is 6.72. The molecule has 1 atom stereocenters. The van der Waals surface area contributed by atoms with Gasteiger partial charge in [-0.2, -0.15) is 5.26 Å². The number of nitriles is 1. The van der Waals surface area contributed by atoms with Crippen LogP contribution >= 0.6 is 0 Å². The van der Waals surface area contributed by atoms with E-state index in [0.717, 1.165) is 5.56 Å². The molecule has 1 aliphatic rings. The number of amides is 1. The van der Waals surface area contributed by atoms with Gasteiger partial charge in [-0.05, 0) is 18.4 Å². The van der Waals surface area contributed by atoms with Gasteiger partial charge in [0.15, 0.2) is 9.84 Å². The SMILES string of the molecule is N#CC(Cc1ccccc1)C(=O)N1CCCS(=O)(=O)CC1. The average Bonchev–Trinajstić information content (AvgIpc) is 2.66. The first-order valence-corrected chi connectivity index (χ1v) is 8.77. The van der Waals surface area contributed by atoms with Crippen molar-refractivity contribution in [3.8, 4) is 6.07 Å². The molecule has 0 saturated carbocycles. The summed E-state index contributed by atoms with van der Waals surface area (Å²) in [7, 11) is -3.05. The van der Waals surface area contributed by atoms with Crippen molar-refractivity contribution in [2.24, 2.45) is 5.92 Å². The Bertz CT molecular complexity index is 635. The largest absolute Gasteiger partial charge is 0.341 e. The maximum Gasteiger partial charge on any atom is 0.240 e. The van der Waals surface area contributed by atoms with Gasteiger partial charge in [-0.25, -0.2) is 8.42 Å². The smallest absolute Gasteiger partial charge is 0.240 e. The number of hydrogen-bond donors (Lipinski definition) is 0. The lowest BCUT2D eigenvalue weighted by Crippen LogP contribution is -2.38. The standard InChI is InChI=1S/C15H18N2O3S/c16-12-14(11-13-5-2-1-3-6-13)15(18)17-7-4-9-21(19,20)10-8-17/h1-3,5-6,14H,4,7-11H2. The fraction of sp³-hybridized carbons (Fsp3) is 0.467. The second-order valence-electron chi connectivity index (χ2n) is 5.20. The lowest BCUT2D eigenvalue weighted by atomic mass is 9.99. The monoisotopic (exact) mass is 306 g/mol. The molecule has 1 unspecified atom stereocenters. The molecule has 21 heavy (non-hydrogen) atoms. The molecule has 1 amide bonds. The van der Waals surface area contributed by atoms with Gasteiger partial charge in [0.05, 0.1) is 17.6 Å². The highest BCUT2D eigenvalue weighted by Crippen LogP contribution is 2.14. The average molecular weight is 306 g/mol. The summed E-state index contributed by atoms with van der Waals surface area (Å²) in [6.45, 7) is 0.596. The van der Waals surface area contributed by atoms with Crippen molar-refractivity contribution < 1.29 is 13.2 Å². The zero-order valence-electron chi connectivity index (χ0n) is 11.7. The quantitative estimate of drug-likeness (QED) is 0.835. The number of hydrogen-bond acceptors (Lipinski definition) is 4. The zero-order chi connectivity index (χ0) is 15.3. The molecule has 6 heteroatoms. The third-order valence-corrected chi connectivity index (χ3v) is 5.32. The molecule has 0 bridgehead atoms. The van der Waals surface area contributed by atoms with E-state index in [1.807, 2.05) is 36.4 Å². The van der Waals surface area contributed by atoms with Crippen molar-refractivity contribution in [3.63, 3.8) is 0 Å². The molecule has 1 aliphatic heterocycles. The number of nitrogens with zero attached hydrogens (tertiary/aromatic N) is 2. The van der Waals surface area contributed by atoms with Crippen LogP contribution in [-0.2, 0) is 21.1 Å². The molecular weight excluding hydrogens is 288 g/mol. The fourth-order valence-corrected chi connectivity index (χ4v) is 3.69. The minimum absolute atomic E-state index is 0.0117. The minimum atomic E-state index is -3.05. The van der Waals surface area contributed by atoms with Gasteiger partial charge < -0.3 is 4.90 Å². The lowest BCUT2D eigenvalue weighted by Gasteiger charge is -2.22. The highest BCUT2D eigenvalue weighted by atomic mass is 32.2. The van der Waals surface area contributed by atoms with E-state index in [1.165, 1.54) is 4.90 Å². The molecule has 1 fully saturated rings. The molecule has 0 aliphatic carbocycles. The molecule has 0 spiro atoms. The fourth-order valence-electron chi connectivity index (χ4n) is 2.42. The number of carbonyl (C=O) groups excluding carboxylic acids is 1. The summed E-state index contributed by atoms with van der Waals surface area (Å²) in [4.78, 5) is 13.9. The number of rotatable bonds is 3. The van der Waals surface area contributed by atoms with Crippen LogP contribution in [0.2, 0.25) is 0 Å². The van der Waals surface area contributed by atoms with Crippen molar-refractivity contribution in [1.82, 2.24) is 4.90 Å². The summed E-state index contributed by atoms with van der Waals surface area (Å²) in [5.74, 6) is -0.916. The maximum atomic E-state index is 12.4. The first-order valence-electron chi connectivity index (χ1n) is 6.94. The summed E-state index contributed by atoms with van der Waals surface area (Å²) < 4.78 is 23.1. The van der Waals surface area contributed by atoms with Gasteiger partial charge in [-0.1, -0.05) is 30.3 Å². The molecule has 0 aromatic heterocycles. The molecule has 0 N–H and O–H groups in total. The van der Waals surface area contributed by atoms with Gasteiger partial charge in [0.2, 0.25) is 5.91 Å². The van der Waals surface area contributed by atoms with Crippen molar-refractivity contribution in [2.45, 2.75) is 12.8 Å². The van der Waals surface area contributed by atoms with E-state index in [1.54, 1.807) is 0 Å². The van der Waals surface area contributed by atoms with Gasteiger partial charge in [0, 0.05) is 13.1 Å². The Morgan fingerprint density at radius 1 is 1.24 bits per heavy atom. The molecule has 112 valence electrons. The summed E-state index contributed by atoms with van der Waals surface area (Å²) in [5, 5.41) is 9.25. The van der Waals surface area contributed by atoms with E-state index >= 15 is 0 Å². The molecule has 0 radical (unpaired) electrons. The van der Waals surface area contributed by atoms with Crippen LogP contribution in [0.5, 0.6) is 0 Å². The van der Waals surface area contributed by atoms with Gasteiger partial charge in [0.25, 0.3) is 0 Å². The predicted octanol–water partition coefficient (Wildman–Crippen LogP) is 1.02. The predicted molar refractivity (Wildman–Crippen MR) is 79.1 cm³/mol. The van der Waals surface area contributed by atoms with Gasteiger partial charge in [0.1, 0.15) is 5.92 Å². The number of benzene rings is 1. The summed E-state index contributed by atoms with van der Waals surface area (Å²) in [6.07, 6.45) is 0.803. The van der Waals surface area contributed by atoms with Crippen LogP contribution < -0.4 is 0 Å². The summed E-state index contributed by atoms with van der Waals surface area (Å²) in [5.41, 5.74) is 0.930. The van der Waals surface area contributed by atoms with Crippen molar-refractivity contribution >= 4 is 15.7 Å². The second-order valence-corrected chi connectivity index (χ2v) is 7.51. The van der Waals surface area contributed by atoms with Crippen LogP contribution in [0, 0.1) is 17.2 Å². The third-order valence-electron chi connectivity index (χ3n) is 3.60. The Morgan fingerprint density at radius 2 is 1.95 bits per heavy atom. The molecule has 5 nitrogen and oxygen atoms in total. The molecule has 1 saturated heterocycles. The van der Waals surface area contributed by atoms with E-state index in [2.05, 4.69) is 0 Å². The topological polar surface area (TPSA) is 78.2 Å². The molecule has 1 heterocycles. The number of carbonyl (C=O) groups is 1. The molecule has 2 rings (SSSR count). The van der Waals surface area contributed by atoms with Crippen molar-refractivity contribution in [3.05, 3.63) is 35.9 Å². The van der Waals surface area contributed by atoms with E-state index < -0.39 is 15.8 Å². The van der Waals surface area contributed by atoms with Crippen LogP contribution in [0.1, 0.15) is 12.0 Å². The van der Waals surface area contributed by atoms with Crippen LogP contribution in [0.25, 0.3) is 0 Å². The Morgan fingerprint density at radius 3 is 2.62 bits per heavy atom. The van der Waals surface area contributed by atoms with Crippen molar-refractivity contribution in [2.75, 3.05) is 24.6 Å². The minimum Gasteiger partial charge on any atom is -0.341 e. The normalized spacial score (nSPS) is 19.3. The first kappa shape index (κ1) is 15.5. The summed E-state index contributed by atoms with van der Waals surface area (Å²) >= 11 is 0. The highest BCUT2D eigenvalue weighted by molar-refractivity contribution is 7.91. The Hall–Kier alpha value is -1.87. The summed E-state index contributed by atoms with van der Waals surface area (Å²) in [6, 6.07) is 11.4. The van der Waals surface area contributed by atoms with Crippen LogP contribution in [0.3, 0.4) is 0 Å². The van der Waals surface area contributed by atoms with E-state index in [-0.39, 0.29) is 24.0 Å². The maximum absolute atomic E-state index is 12.4. The van der Waals surface area contributed by atoms with Crippen LogP contribution in [-0.4, -0.2) is 43.8 Å². The lowest BCUT2D eigenvalue weighted by molar-refractivity contribution is -0.133. The van der Waals surface area contributed by atoms with E-state index in [9.17, 15) is 18.5 Å². The van der Waals surface area contributed by atoms with Gasteiger partial charge in [-0.3, -0.25) is 4.79 Å². The first-order chi connectivity index (χ1) is 10.0. The molecule has 1 aromatic rings. The van der Waals surface area contributed by atoms with Gasteiger partial charge >= 0.3 is 0 Å². The van der Waals surface area contributed by atoms with E-state index in [0.29, 0.717) is 19.4 Å².